The van der Waals surface area contributed by atoms with Crippen LogP contribution in [-0.4, -0.2) is 55.0 Å². The molecule has 6 nitrogen and oxygen atoms in total. The summed E-state index contributed by atoms with van der Waals surface area (Å²) in [5, 5.41) is 1.66. The summed E-state index contributed by atoms with van der Waals surface area (Å²) < 4.78 is 5.74. The lowest BCUT2D eigenvalue weighted by molar-refractivity contribution is 0.0599. The third-order valence-electron chi connectivity index (χ3n) is 4.73. The van der Waals surface area contributed by atoms with Gasteiger partial charge in [0, 0.05) is 36.8 Å². The second kappa shape index (κ2) is 7.77. The summed E-state index contributed by atoms with van der Waals surface area (Å²) in [6.07, 6.45) is 0. The molecule has 8 heteroatoms. The number of thiazole rings is 1. The van der Waals surface area contributed by atoms with Crippen molar-refractivity contribution in [2.24, 2.45) is 0 Å². The number of hydrogen-bond donors (Lipinski definition) is 0. The van der Waals surface area contributed by atoms with Crippen LogP contribution in [0.15, 0.2) is 42.5 Å². The molecule has 1 aliphatic heterocycles. The van der Waals surface area contributed by atoms with Crippen LogP contribution in [0, 0.1) is 0 Å². The Kier molecular flexibility index (Phi) is 5.19. The van der Waals surface area contributed by atoms with Gasteiger partial charge in [0.15, 0.2) is 5.13 Å². The number of methoxy groups -OCH3 is 1. The molecular weight excluding hydrogens is 398 g/mol. The van der Waals surface area contributed by atoms with E-state index < -0.39 is 5.97 Å². The Labute approximate surface area is 171 Å². The van der Waals surface area contributed by atoms with Crippen LogP contribution in [0.2, 0.25) is 5.02 Å². The predicted octanol–water partition coefficient (Wildman–Crippen LogP) is 3.70. The zero-order chi connectivity index (χ0) is 19.7. The monoisotopic (exact) mass is 415 g/mol. The average molecular weight is 416 g/mol. The van der Waals surface area contributed by atoms with Gasteiger partial charge in [-0.2, -0.15) is 0 Å². The number of nitrogens with zero attached hydrogens (tertiary/aromatic N) is 3. The number of esters is 1. The molecule has 0 N–H and O–H groups in total. The Morgan fingerprint density at radius 2 is 1.71 bits per heavy atom. The van der Waals surface area contributed by atoms with E-state index in [1.54, 1.807) is 35.6 Å². The van der Waals surface area contributed by atoms with E-state index in [-0.39, 0.29) is 5.91 Å². The highest BCUT2D eigenvalue weighted by atomic mass is 35.5. The van der Waals surface area contributed by atoms with Gasteiger partial charge >= 0.3 is 5.97 Å². The van der Waals surface area contributed by atoms with Crippen LogP contribution in [-0.2, 0) is 4.74 Å². The van der Waals surface area contributed by atoms with E-state index in [1.807, 2.05) is 23.1 Å². The molecule has 144 valence electrons. The van der Waals surface area contributed by atoms with Crippen LogP contribution < -0.4 is 4.90 Å². The summed E-state index contributed by atoms with van der Waals surface area (Å²) in [5.74, 6) is -0.447. The number of ether oxygens (including phenoxy) is 1. The number of rotatable bonds is 3. The van der Waals surface area contributed by atoms with Gasteiger partial charge in [-0.05, 0) is 42.5 Å². The molecule has 0 bridgehead atoms. The standard InChI is InChI=1S/C20H18ClN3O3S/c1-27-19(26)14-4-2-13(3-5-14)18(25)23-8-10-24(11-9-23)20-22-16-7-6-15(21)12-17(16)28-20/h2-7,12H,8-11H2,1H3. The zero-order valence-corrected chi connectivity index (χ0v) is 16.8. The van der Waals surface area contributed by atoms with E-state index in [9.17, 15) is 9.59 Å². The molecule has 0 radical (unpaired) electrons. The Hall–Kier alpha value is -2.64. The maximum absolute atomic E-state index is 12.7. The van der Waals surface area contributed by atoms with E-state index in [2.05, 4.69) is 14.6 Å². The lowest BCUT2D eigenvalue weighted by Crippen LogP contribution is -2.48. The average Bonchev–Trinajstić information content (AvgIpc) is 3.16. The largest absolute Gasteiger partial charge is 0.465 e. The van der Waals surface area contributed by atoms with Gasteiger partial charge < -0.3 is 14.5 Å². The number of halogens is 1. The van der Waals surface area contributed by atoms with Crippen LogP contribution in [0.25, 0.3) is 10.2 Å². The Morgan fingerprint density at radius 1 is 1.04 bits per heavy atom. The first-order chi connectivity index (χ1) is 13.5. The highest BCUT2D eigenvalue weighted by molar-refractivity contribution is 7.22. The van der Waals surface area contributed by atoms with Crippen LogP contribution in [0.5, 0.6) is 0 Å². The van der Waals surface area contributed by atoms with Crippen LogP contribution in [0.4, 0.5) is 5.13 Å². The van der Waals surface area contributed by atoms with Gasteiger partial charge in [-0.25, -0.2) is 9.78 Å². The van der Waals surface area contributed by atoms with Crippen molar-refractivity contribution in [1.29, 1.82) is 0 Å². The van der Waals surface area contributed by atoms with E-state index in [1.165, 1.54) is 7.11 Å². The van der Waals surface area contributed by atoms with Crippen molar-refractivity contribution in [3.8, 4) is 0 Å². The molecule has 1 aliphatic rings. The maximum Gasteiger partial charge on any atom is 0.337 e. The highest BCUT2D eigenvalue weighted by Crippen LogP contribution is 2.31. The normalized spacial score (nSPS) is 14.4. The Bertz CT molecular complexity index is 1030. The van der Waals surface area contributed by atoms with Crippen molar-refractivity contribution < 1.29 is 14.3 Å². The van der Waals surface area contributed by atoms with E-state index in [4.69, 9.17) is 11.6 Å². The summed E-state index contributed by atoms with van der Waals surface area (Å²) in [4.78, 5) is 33.0. The fourth-order valence-corrected chi connectivity index (χ4v) is 4.46. The van der Waals surface area contributed by atoms with Gasteiger partial charge in [0.2, 0.25) is 0 Å². The van der Waals surface area contributed by atoms with E-state index in [0.29, 0.717) is 29.2 Å². The van der Waals surface area contributed by atoms with E-state index in [0.717, 1.165) is 28.4 Å². The molecule has 1 saturated heterocycles. The number of piperazine rings is 1. The van der Waals surface area contributed by atoms with Crippen molar-refractivity contribution >= 4 is 50.2 Å². The first-order valence-electron chi connectivity index (χ1n) is 8.84. The number of carbonyl (C=O) groups is 2. The molecule has 28 heavy (non-hydrogen) atoms. The van der Waals surface area contributed by atoms with Crippen molar-refractivity contribution in [3.63, 3.8) is 0 Å². The molecule has 1 fully saturated rings. The molecular formula is C20H18ClN3O3S. The first-order valence-corrected chi connectivity index (χ1v) is 10.0. The molecule has 3 aromatic rings. The molecule has 0 unspecified atom stereocenters. The third kappa shape index (κ3) is 3.68. The quantitative estimate of drug-likeness (QED) is 0.610. The van der Waals surface area contributed by atoms with Crippen molar-refractivity contribution in [3.05, 3.63) is 58.6 Å². The van der Waals surface area contributed by atoms with Gasteiger partial charge in [0.05, 0.1) is 22.9 Å². The van der Waals surface area contributed by atoms with Crippen molar-refractivity contribution in [2.45, 2.75) is 0 Å². The number of carbonyl (C=O) groups excluding carboxylic acids is 2. The number of amides is 1. The summed E-state index contributed by atoms with van der Waals surface area (Å²) in [7, 11) is 1.33. The van der Waals surface area contributed by atoms with Gasteiger partial charge in [-0.3, -0.25) is 4.79 Å². The van der Waals surface area contributed by atoms with Crippen LogP contribution in [0.1, 0.15) is 20.7 Å². The Morgan fingerprint density at radius 3 is 2.39 bits per heavy atom. The number of benzene rings is 2. The lowest BCUT2D eigenvalue weighted by Gasteiger charge is -2.34. The molecule has 2 aromatic carbocycles. The van der Waals surface area contributed by atoms with Gasteiger partial charge in [-0.1, -0.05) is 22.9 Å². The molecule has 0 saturated carbocycles. The maximum atomic E-state index is 12.7. The minimum absolute atomic E-state index is 0.0350. The summed E-state index contributed by atoms with van der Waals surface area (Å²) >= 11 is 7.67. The fraction of sp³-hybridized carbons (Fsp3) is 0.250. The second-order valence-corrected chi connectivity index (χ2v) is 7.90. The number of fused-ring (bicyclic) bond motifs is 1. The van der Waals surface area contributed by atoms with Crippen LogP contribution in [0.3, 0.4) is 0 Å². The minimum Gasteiger partial charge on any atom is -0.465 e. The minimum atomic E-state index is -0.412. The fourth-order valence-electron chi connectivity index (χ4n) is 3.17. The molecule has 1 aromatic heterocycles. The number of hydrogen-bond acceptors (Lipinski definition) is 6. The number of aromatic nitrogens is 1. The zero-order valence-electron chi connectivity index (χ0n) is 15.2. The molecule has 0 atom stereocenters. The van der Waals surface area contributed by atoms with E-state index >= 15 is 0 Å². The highest BCUT2D eigenvalue weighted by Gasteiger charge is 2.24. The molecule has 2 heterocycles. The van der Waals surface area contributed by atoms with Gasteiger partial charge in [0.1, 0.15) is 0 Å². The summed E-state index contributed by atoms with van der Waals surface area (Å²) in [6.45, 7) is 2.68. The predicted molar refractivity (Wildman–Crippen MR) is 111 cm³/mol. The topological polar surface area (TPSA) is 62.7 Å². The second-order valence-electron chi connectivity index (χ2n) is 6.46. The molecule has 0 spiro atoms. The number of anilines is 1. The smallest absolute Gasteiger partial charge is 0.337 e. The lowest BCUT2D eigenvalue weighted by atomic mass is 10.1. The molecule has 4 rings (SSSR count). The third-order valence-corrected chi connectivity index (χ3v) is 6.04. The van der Waals surface area contributed by atoms with Gasteiger partial charge in [-0.15, -0.1) is 0 Å². The SMILES string of the molecule is COC(=O)c1ccc(C(=O)N2CCN(c3nc4ccc(Cl)cc4s3)CC2)cc1. The first kappa shape index (κ1) is 18.7. The summed E-state index contributed by atoms with van der Waals surface area (Å²) in [6, 6.07) is 12.3. The van der Waals surface area contributed by atoms with Crippen molar-refractivity contribution in [2.75, 3.05) is 38.2 Å². The van der Waals surface area contributed by atoms with Gasteiger partial charge in [0.25, 0.3) is 5.91 Å². The Balaban J connectivity index is 1.41. The molecule has 0 aliphatic carbocycles. The van der Waals surface area contributed by atoms with Crippen LogP contribution >= 0.6 is 22.9 Å². The summed E-state index contributed by atoms with van der Waals surface area (Å²) in [5.41, 5.74) is 1.93. The van der Waals surface area contributed by atoms with Crippen molar-refractivity contribution in [1.82, 2.24) is 9.88 Å². The molecule has 1 amide bonds.